The lowest BCUT2D eigenvalue weighted by atomic mass is 9.80. The van der Waals surface area contributed by atoms with Gasteiger partial charge >= 0.3 is 5.97 Å². The van der Waals surface area contributed by atoms with E-state index in [4.69, 9.17) is 9.72 Å². The standard InChI is InChI=1S/C31H41N5O2/c1-9-35(10-2)27-20-22(33(5)6)15-17-25(27)31(29-24(30(37)38-31)14-13-19-32-29)26-18-16-23(34(7)8)21-28(26)36(11-3)12-4/h13-21H,9-12H2,1-8H3. The molecule has 0 fully saturated rings. The predicted molar refractivity (Wildman–Crippen MR) is 158 cm³/mol. The van der Waals surface area contributed by atoms with E-state index in [1.165, 1.54) is 0 Å². The zero-order chi connectivity index (χ0) is 27.6. The number of cyclic esters (lactones) is 1. The molecule has 0 amide bonds. The number of fused-ring (bicyclic) bond motifs is 1. The second-order valence-electron chi connectivity index (χ2n) is 10.0. The zero-order valence-corrected chi connectivity index (χ0v) is 24.1. The molecular formula is C31H41N5O2. The summed E-state index contributed by atoms with van der Waals surface area (Å²) in [6.07, 6.45) is 1.76. The van der Waals surface area contributed by atoms with Crippen LogP contribution >= 0.6 is 0 Å². The van der Waals surface area contributed by atoms with Crippen LogP contribution in [0.1, 0.15) is 54.9 Å². The molecule has 1 aliphatic rings. The van der Waals surface area contributed by atoms with E-state index < -0.39 is 5.60 Å². The van der Waals surface area contributed by atoms with Crippen LogP contribution in [-0.2, 0) is 10.3 Å². The normalized spacial score (nSPS) is 13.6. The number of hydrogen-bond acceptors (Lipinski definition) is 7. The molecule has 0 atom stereocenters. The molecule has 0 aliphatic carbocycles. The Hall–Kier alpha value is -3.74. The summed E-state index contributed by atoms with van der Waals surface area (Å²) in [6, 6.07) is 16.5. The third-order valence-corrected chi connectivity index (χ3v) is 7.57. The van der Waals surface area contributed by atoms with Crippen molar-refractivity contribution in [3.63, 3.8) is 0 Å². The van der Waals surface area contributed by atoms with Crippen LogP contribution in [0, 0.1) is 0 Å². The minimum Gasteiger partial charge on any atom is -0.439 e. The maximum absolute atomic E-state index is 13.5. The van der Waals surface area contributed by atoms with Crippen molar-refractivity contribution in [2.24, 2.45) is 0 Å². The van der Waals surface area contributed by atoms with Gasteiger partial charge in [0, 0.05) is 94.4 Å². The maximum Gasteiger partial charge on any atom is 0.341 e. The highest BCUT2D eigenvalue weighted by Gasteiger charge is 2.53. The lowest BCUT2D eigenvalue weighted by Gasteiger charge is -2.38. The van der Waals surface area contributed by atoms with Crippen LogP contribution in [0.3, 0.4) is 0 Å². The van der Waals surface area contributed by atoms with E-state index in [2.05, 4.69) is 83.7 Å². The van der Waals surface area contributed by atoms with Crippen molar-refractivity contribution in [3.8, 4) is 0 Å². The molecule has 1 aliphatic heterocycles. The summed E-state index contributed by atoms with van der Waals surface area (Å²) < 4.78 is 6.57. The molecule has 0 unspecified atom stereocenters. The predicted octanol–water partition coefficient (Wildman–Crippen LogP) is 5.37. The number of nitrogens with zero attached hydrogens (tertiary/aromatic N) is 5. The van der Waals surface area contributed by atoms with E-state index in [1.54, 1.807) is 12.3 Å². The molecule has 202 valence electrons. The Morgan fingerprint density at radius 2 is 1.21 bits per heavy atom. The van der Waals surface area contributed by atoms with Crippen molar-refractivity contribution in [1.82, 2.24) is 4.98 Å². The van der Waals surface area contributed by atoms with Crippen LogP contribution in [0.4, 0.5) is 22.7 Å². The molecule has 4 rings (SSSR count). The molecule has 2 heterocycles. The van der Waals surface area contributed by atoms with Crippen LogP contribution in [-0.4, -0.2) is 65.3 Å². The molecule has 1 aromatic heterocycles. The first-order valence-corrected chi connectivity index (χ1v) is 13.6. The van der Waals surface area contributed by atoms with Gasteiger partial charge in [-0.1, -0.05) is 12.1 Å². The van der Waals surface area contributed by atoms with Gasteiger partial charge in [-0.2, -0.15) is 0 Å². The number of ether oxygens (including phenoxy) is 1. The van der Waals surface area contributed by atoms with Crippen molar-refractivity contribution in [3.05, 3.63) is 77.1 Å². The number of benzene rings is 2. The van der Waals surface area contributed by atoms with Gasteiger partial charge < -0.3 is 24.3 Å². The van der Waals surface area contributed by atoms with Crippen molar-refractivity contribution < 1.29 is 9.53 Å². The van der Waals surface area contributed by atoms with Gasteiger partial charge in [-0.25, -0.2) is 4.79 Å². The minimum atomic E-state index is -1.20. The first-order chi connectivity index (χ1) is 18.2. The summed E-state index contributed by atoms with van der Waals surface area (Å²) in [7, 11) is 8.17. The molecule has 0 spiro atoms. The third kappa shape index (κ3) is 4.44. The fourth-order valence-electron chi connectivity index (χ4n) is 5.45. The molecule has 0 N–H and O–H groups in total. The molecule has 0 saturated heterocycles. The van der Waals surface area contributed by atoms with E-state index in [0.29, 0.717) is 11.3 Å². The Morgan fingerprint density at radius 1 is 0.737 bits per heavy atom. The van der Waals surface area contributed by atoms with E-state index in [1.807, 2.05) is 34.3 Å². The molecule has 7 nitrogen and oxygen atoms in total. The Bertz CT molecular complexity index is 1230. The Kier molecular flexibility index (Phi) is 7.86. The van der Waals surface area contributed by atoms with E-state index >= 15 is 0 Å². The van der Waals surface area contributed by atoms with Gasteiger partial charge in [0.15, 0.2) is 0 Å². The monoisotopic (exact) mass is 515 g/mol. The Labute approximate surface area is 227 Å². The fraction of sp³-hybridized carbons (Fsp3) is 0.419. The fourth-order valence-corrected chi connectivity index (χ4v) is 5.45. The number of aromatic nitrogens is 1. The first-order valence-electron chi connectivity index (χ1n) is 13.6. The molecule has 0 radical (unpaired) electrons. The highest BCUT2D eigenvalue weighted by molar-refractivity contribution is 5.96. The summed E-state index contributed by atoms with van der Waals surface area (Å²) in [6.45, 7) is 11.9. The third-order valence-electron chi connectivity index (χ3n) is 7.57. The van der Waals surface area contributed by atoms with Crippen LogP contribution in [0.25, 0.3) is 0 Å². The Balaban J connectivity index is 2.16. The average molecular weight is 516 g/mol. The van der Waals surface area contributed by atoms with Gasteiger partial charge in [0.2, 0.25) is 5.60 Å². The van der Waals surface area contributed by atoms with E-state index in [-0.39, 0.29) is 5.97 Å². The Morgan fingerprint density at radius 3 is 1.63 bits per heavy atom. The molecule has 2 aromatic carbocycles. The van der Waals surface area contributed by atoms with Gasteiger partial charge in [0.05, 0.1) is 5.56 Å². The number of esters is 1. The molecule has 3 aromatic rings. The lowest BCUT2D eigenvalue weighted by molar-refractivity contribution is 0.0246. The number of carbonyl (C=O) groups excluding carboxylic acids is 1. The van der Waals surface area contributed by atoms with Crippen molar-refractivity contribution in [2.45, 2.75) is 33.3 Å². The quantitative estimate of drug-likeness (QED) is 0.337. The van der Waals surface area contributed by atoms with Gasteiger partial charge in [0.1, 0.15) is 5.69 Å². The molecule has 0 saturated carbocycles. The molecular weight excluding hydrogens is 474 g/mol. The van der Waals surface area contributed by atoms with Gasteiger partial charge in [-0.3, -0.25) is 4.98 Å². The summed E-state index contributed by atoms with van der Waals surface area (Å²) in [5.74, 6) is -0.350. The largest absolute Gasteiger partial charge is 0.439 e. The number of carbonyl (C=O) groups is 1. The van der Waals surface area contributed by atoms with Crippen LogP contribution < -0.4 is 19.6 Å². The first kappa shape index (κ1) is 27.3. The smallest absolute Gasteiger partial charge is 0.341 e. The van der Waals surface area contributed by atoms with Crippen molar-refractivity contribution >= 4 is 28.7 Å². The summed E-state index contributed by atoms with van der Waals surface area (Å²) in [5, 5.41) is 0. The molecule has 7 heteroatoms. The van der Waals surface area contributed by atoms with Crippen molar-refractivity contribution in [2.75, 3.05) is 74.0 Å². The topological polar surface area (TPSA) is 52.2 Å². The maximum atomic E-state index is 13.5. The van der Waals surface area contributed by atoms with E-state index in [9.17, 15) is 4.79 Å². The number of anilines is 4. The SMILES string of the molecule is CCN(CC)c1cc(N(C)C)ccc1C1(c2ccc(N(C)C)cc2N(CC)CC)OC(=O)c2cccnc21. The summed E-state index contributed by atoms with van der Waals surface area (Å²) in [4.78, 5) is 27.2. The summed E-state index contributed by atoms with van der Waals surface area (Å²) in [5.41, 5.74) is 6.04. The highest BCUT2D eigenvalue weighted by atomic mass is 16.6. The van der Waals surface area contributed by atoms with Crippen LogP contribution in [0.2, 0.25) is 0 Å². The highest BCUT2D eigenvalue weighted by Crippen LogP contribution is 2.52. The zero-order valence-electron chi connectivity index (χ0n) is 24.1. The van der Waals surface area contributed by atoms with Crippen molar-refractivity contribution in [1.29, 1.82) is 0 Å². The van der Waals surface area contributed by atoms with Gasteiger partial charge in [-0.05, 0) is 64.1 Å². The average Bonchev–Trinajstić information content (AvgIpc) is 3.23. The van der Waals surface area contributed by atoms with Gasteiger partial charge in [-0.15, -0.1) is 0 Å². The molecule has 38 heavy (non-hydrogen) atoms. The second kappa shape index (κ2) is 10.9. The lowest BCUT2D eigenvalue weighted by Crippen LogP contribution is -2.36. The number of pyridine rings is 1. The van der Waals surface area contributed by atoms with Crippen LogP contribution in [0.5, 0.6) is 0 Å². The number of hydrogen-bond donors (Lipinski definition) is 0. The van der Waals surface area contributed by atoms with E-state index in [0.717, 1.165) is 60.1 Å². The second-order valence-corrected chi connectivity index (χ2v) is 10.0. The van der Waals surface area contributed by atoms with Crippen LogP contribution in [0.15, 0.2) is 54.7 Å². The summed E-state index contributed by atoms with van der Waals surface area (Å²) >= 11 is 0. The molecule has 0 bridgehead atoms. The number of rotatable bonds is 10. The minimum absolute atomic E-state index is 0.350. The van der Waals surface area contributed by atoms with Gasteiger partial charge in [0.25, 0.3) is 0 Å².